The first-order chi connectivity index (χ1) is 7.19. The molecule has 102 valence electrons. The lowest BCUT2D eigenvalue weighted by Gasteiger charge is -2.19. The minimum atomic E-state index is -6.97. The van der Waals surface area contributed by atoms with Gasteiger partial charge in [0.15, 0.2) is 0 Å². The Hall–Kier alpha value is -1.05. The highest BCUT2D eigenvalue weighted by Gasteiger charge is 2.61. The highest BCUT2D eigenvalue weighted by atomic mass is 32.3. The maximum Gasteiger partial charge on any atom is 0.517 e. The predicted molar refractivity (Wildman–Crippen MR) is 37.9 cm³/mol. The largest absolute Gasteiger partial charge is 0.517 e. The second-order valence-electron chi connectivity index (χ2n) is 2.23. The molecule has 0 aliphatic rings. The molecule has 14 heteroatoms. The molecule has 17 heavy (non-hydrogen) atoms. The fourth-order valence-electron chi connectivity index (χ4n) is 0.447. The maximum absolute atomic E-state index is 11.8. The van der Waals surface area contributed by atoms with Crippen LogP contribution in [0.3, 0.4) is 0 Å². The summed E-state index contributed by atoms with van der Waals surface area (Å²) in [5, 5.41) is 0. The van der Waals surface area contributed by atoms with Crippen molar-refractivity contribution in [1.29, 1.82) is 0 Å². The average Bonchev–Trinajstić information content (AvgIpc) is 1.99. The Bertz CT molecular complexity index is 455. The van der Waals surface area contributed by atoms with Gasteiger partial charge in [-0.2, -0.15) is 43.2 Å². The normalized spacial score (nSPS) is 14.5. The van der Waals surface area contributed by atoms with Crippen LogP contribution in [0.1, 0.15) is 0 Å². The lowest BCUT2D eigenvalue weighted by atomic mass is 11.5. The van der Waals surface area contributed by atoms with Gasteiger partial charge in [0.05, 0.1) is 0 Å². The summed E-state index contributed by atoms with van der Waals surface area (Å²) in [5.74, 6) is 0. The fraction of sp³-hybridized carbons (Fsp3) is 0.667. The first kappa shape index (κ1) is 16.0. The van der Waals surface area contributed by atoms with Crippen LogP contribution in [-0.2, 0) is 24.8 Å². The van der Waals surface area contributed by atoms with Crippen LogP contribution in [0.2, 0.25) is 0 Å². The number of amides is 1. The van der Waals surface area contributed by atoms with Gasteiger partial charge in [0.2, 0.25) is 6.41 Å². The van der Waals surface area contributed by atoms with Crippen molar-refractivity contribution in [3.05, 3.63) is 0 Å². The lowest BCUT2D eigenvalue weighted by Crippen LogP contribution is -2.48. The average molecular weight is 309 g/mol. The molecule has 0 bridgehead atoms. The summed E-state index contributed by atoms with van der Waals surface area (Å²) >= 11 is 0. The lowest BCUT2D eigenvalue weighted by molar-refractivity contribution is -0.113. The van der Waals surface area contributed by atoms with Gasteiger partial charge in [-0.3, -0.25) is 4.79 Å². The van der Waals surface area contributed by atoms with E-state index in [2.05, 4.69) is 0 Å². The zero-order chi connectivity index (χ0) is 14.3. The summed E-state index contributed by atoms with van der Waals surface area (Å²) in [4.78, 5) is 9.86. The quantitative estimate of drug-likeness (QED) is 0.547. The highest BCUT2D eigenvalue weighted by Crippen LogP contribution is 2.33. The number of hydrogen-bond acceptors (Lipinski definition) is 5. The summed E-state index contributed by atoms with van der Waals surface area (Å²) in [7, 11) is -13.9. The van der Waals surface area contributed by atoms with Gasteiger partial charge >= 0.3 is 31.1 Å². The van der Waals surface area contributed by atoms with Gasteiger partial charge in [-0.05, 0) is 0 Å². The standard InChI is InChI=1S/C3HF6NO5S2/c4-2(5,6)16(12,13)10(1-11)17(14,15)3(7,8)9/h1H. The van der Waals surface area contributed by atoms with Gasteiger partial charge in [-0.15, -0.1) is 3.71 Å². The molecule has 0 rings (SSSR count). The Labute approximate surface area is 89.9 Å². The Balaban J connectivity index is 5.99. The molecule has 0 saturated heterocycles. The molecule has 0 aromatic heterocycles. The minimum Gasteiger partial charge on any atom is -0.276 e. The predicted octanol–water partition coefficient (Wildman–Crippen LogP) is 0.144. The van der Waals surface area contributed by atoms with Gasteiger partial charge in [0, 0.05) is 0 Å². The SMILES string of the molecule is O=CN(S(=O)(=O)C(F)(F)F)S(=O)(=O)C(F)(F)F. The Morgan fingerprint density at radius 1 is 0.765 bits per heavy atom. The van der Waals surface area contributed by atoms with E-state index in [1.165, 1.54) is 0 Å². The number of rotatable bonds is 3. The van der Waals surface area contributed by atoms with E-state index in [-0.39, 0.29) is 0 Å². The fourth-order valence-corrected chi connectivity index (χ4v) is 2.62. The first-order valence-electron chi connectivity index (χ1n) is 3.07. The summed E-state index contributed by atoms with van der Waals surface area (Å²) in [6, 6.07) is 0. The molecule has 0 heterocycles. The van der Waals surface area contributed by atoms with E-state index in [1.54, 1.807) is 0 Å². The van der Waals surface area contributed by atoms with Crippen molar-refractivity contribution in [3.63, 3.8) is 0 Å². The van der Waals surface area contributed by atoms with Gasteiger partial charge in [-0.25, -0.2) is 0 Å². The zero-order valence-electron chi connectivity index (χ0n) is 7.15. The summed E-state index contributed by atoms with van der Waals surface area (Å²) in [6.07, 6.45) is -1.61. The summed E-state index contributed by atoms with van der Waals surface area (Å²) in [6.45, 7) is 0. The molecule has 0 N–H and O–H groups in total. The number of halogens is 6. The monoisotopic (exact) mass is 309 g/mol. The van der Waals surface area contributed by atoms with Crippen LogP contribution in [0.15, 0.2) is 0 Å². The zero-order valence-corrected chi connectivity index (χ0v) is 8.78. The molecule has 0 aliphatic heterocycles. The Kier molecular flexibility index (Phi) is 3.76. The van der Waals surface area contributed by atoms with Crippen LogP contribution in [-0.4, -0.2) is 38.0 Å². The molecule has 0 spiro atoms. The van der Waals surface area contributed by atoms with E-state index in [0.29, 0.717) is 0 Å². The molecule has 0 aliphatic carbocycles. The van der Waals surface area contributed by atoms with E-state index in [4.69, 9.17) is 0 Å². The van der Waals surface area contributed by atoms with Crippen molar-refractivity contribution in [2.75, 3.05) is 0 Å². The summed E-state index contributed by atoms with van der Waals surface area (Å²) < 4.78 is 110. The van der Waals surface area contributed by atoms with Crippen molar-refractivity contribution in [3.8, 4) is 0 Å². The van der Waals surface area contributed by atoms with Gasteiger partial charge in [0.1, 0.15) is 0 Å². The number of carbonyl (C=O) groups is 1. The van der Waals surface area contributed by atoms with Crippen LogP contribution in [0.4, 0.5) is 26.3 Å². The third kappa shape index (κ3) is 2.62. The number of nitrogens with zero attached hydrogens (tertiary/aromatic N) is 1. The third-order valence-electron chi connectivity index (χ3n) is 1.14. The van der Waals surface area contributed by atoms with Crippen LogP contribution in [0, 0.1) is 0 Å². The highest BCUT2D eigenvalue weighted by molar-refractivity contribution is 8.05. The molecule has 0 fully saturated rings. The molecule has 1 amide bonds. The van der Waals surface area contributed by atoms with Crippen LogP contribution in [0.25, 0.3) is 0 Å². The molecular weight excluding hydrogens is 308 g/mol. The smallest absolute Gasteiger partial charge is 0.276 e. The van der Waals surface area contributed by atoms with E-state index in [1.807, 2.05) is 0 Å². The molecule has 0 aromatic carbocycles. The molecule has 0 atom stereocenters. The molecular formula is C3HF6NO5S2. The second kappa shape index (κ2) is 4.01. The molecule has 0 saturated carbocycles. The van der Waals surface area contributed by atoms with Gasteiger partial charge in [-0.1, -0.05) is 0 Å². The van der Waals surface area contributed by atoms with Crippen molar-refractivity contribution in [1.82, 2.24) is 3.71 Å². The number of sulfonamides is 2. The molecule has 0 unspecified atom stereocenters. The van der Waals surface area contributed by atoms with E-state index in [0.717, 1.165) is 0 Å². The van der Waals surface area contributed by atoms with E-state index in [9.17, 15) is 48.0 Å². The van der Waals surface area contributed by atoms with Crippen LogP contribution in [0.5, 0.6) is 0 Å². The van der Waals surface area contributed by atoms with Crippen molar-refractivity contribution >= 4 is 26.5 Å². The van der Waals surface area contributed by atoms with Crippen molar-refractivity contribution in [2.24, 2.45) is 0 Å². The van der Waals surface area contributed by atoms with Gasteiger partial charge in [0.25, 0.3) is 0 Å². The Morgan fingerprint density at radius 2 is 1.00 bits per heavy atom. The van der Waals surface area contributed by atoms with Gasteiger partial charge < -0.3 is 0 Å². The van der Waals surface area contributed by atoms with Crippen LogP contribution < -0.4 is 0 Å². The number of alkyl halides is 6. The number of carbonyl (C=O) groups excluding carboxylic acids is 1. The van der Waals surface area contributed by atoms with E-state index < -0.39 is 41.2 Å². The second-order valence-corrected chi connectivity index (χ2v) is 6.08. The van der Waals surface area contributed by atoms with Crippen molar-refractivity contribution in [2.45, 2.75) is 11.0 Å². The molecule has 6 nitrogen and oxygen atoms in total. The topological polar surface area (TPSA) is 88.6 Å². The first-order valence-corrected chi connectivity index (χ1v) is 5.95. The molecule has 0 radical (unpaired) electrons. The Morgan fingerprint density at radius 3 is 1.12 bits per heavy atom. The summed E-state index contributed by atoms with van der Waals surface area (Å²) in [5.41, 5.74) is -12.7. The van der Waals surface area contributed by atoms with E-state index >= 15 is 0 Å². The maximum atomic E-state index is 11.8. The third-order valence-corrected chi connectivity index (χ3v) is 4.61. The van der Waals surface area contributed by atoms with Crippen molar-refractivity contribution < 1.29 is 48.0 Å². The minimum absolute atomic E-state index is 1.61. The molecule has 0 aromatic rings. The van der Waals surface area contributed by atoms with Crippen LogP contribution >= 0.6 is 0 Å². The number of hydrogen-bond donors (Lipinski definition) is 0.